The summed E-state index contributed by atoms with van der Waals surface area (Å²) in [5, 5.41) is 7.14. The van der Waals surface area contributed by atoms with Gasteiger partial charge in [0.2, 0.25) is 0 Å². The van der Waals surface area contributed by atoms with E-state index >= 15 is 0 Å². The average molecular weight is 340 g/mol. The highest BCUT2D eigenvalue weighted by molar-refractivity contribution is 6.31. The predicted molar refractivity (Wildman–Crippen MR) is 92.5 cm³/mol. The number of hydrogen-bond donors (Lipinski definition) is 1. The van der Waals surface area contributed by atoms with Gasteiger partial charge in [-0.3, -0.25) is 14.3 Å². The van der Waals surface area contributed by atoms with E-state index in [4.69, 9.17) is 11.6 Å². The topological polar surface area (TPSA) is 64.0 Å². The number of nitrogens with one attached hydrogen (secondary N) is 1. The highest BCUT2D eigenvalue weighted by Gasteiger charge is 2.17. The van der Waals surface area contributed by atoms with Crippen molar-refractivity contribution in [2.24, 2.45) is 7.05 Å². The first-order chi connectivity index (χ1) is 11.5. The molecule has 0 radical (unpaired) electrons. The van der Waals surface area contributed by atoms with E-state index in [9.17, 15) is 9.59 Å². The second kappa shape index (κ2) is 6.68. The van der Waals surface area contributed by atoms with E-state index in [0.29, 0.717) is 27.4 Å². The lowest BCUT2D eigenvalue weighted by Gasteiger charge is -2.10. The minimum absolute atomic E-state index is 0.209. The Labute approximate surface area is 143 Å². The lowest BCUT2D eigenvalue weighted by molar-refractivity contribution is 0.102. The summed E-state index contributed by atoms with van der Waals surface area (Å²) in [6.07, 6.45) is 3.06. The monoisotopic (exact) mass is 339 g/mol. The van der Waals surface area contributed by atoms with Crippen LogP contribution in [0.4, 0.5) is 5.69 Å². The van der Waals surface area contributed by atoms with Crippen LogP contribution in [0, 0.1) is 0 Å². The number of aryl methyl sites for hydroxylation is 1. The van der Waals surface area contributed by atoms with Crippen LogP contribution in [0.5, 0.6) is 0 Å². The second-order valence-electron chi connectivity index (χ2n) is 5.24. The summed E-state index contributed by atoms with van der Waals surface area (Å²) in [4.78, 5) is 25.0. The van der Waals surface area contributed by atoms with E-state index < -0.39 is 0 Å². The van der Waals surface area contributed by atoms with Crippen LogP contribution in [0.3, 0.4) is 0 Å². The van der Waals surface area contributed by atoms with E-state index in [1.54, 1.807) is 55.7 Å². The van der Waals surface area contributed by atoms with Crippen molar-refractivity contribution in [3.05, 3.63) is 82.6 Å². The van der Waals surface area contributed by atoms with Crippen LogP contribution in [0.2, 0.25) is 5.02 Å². The van der Waals surface area contributed by atoms with Gasteiger partial charge < -0.3 is 5.32 Å². The summed E-state index contributed by atoms with van der Waals surface area (Å²) in [5.41, 5.74) is 1.68. The summed E-state index contributed by atoms with van der Waals surface area (Å²) in [5.74, 6) is -0.549. The van der Waals surface area contributed by atoms with Gasteiger partial charge in [-0.2, -0.15) is 5.10 Å². The Morgan fingerprint density at radius 3 is 2.50 bits per heavy atom. The lowest BCUT2D eigenvalue weighted by atomic mass is 10.0. The Hall–Kier alpha value is -2.92. The maximum absolute atomic E-state index is 12.7. The predicted octanol–water partition coefficient (Wildman–Crippen LogP) is 3.56. The number of hydrogen-bond acceptors (Lipinski definition) is 3. The molecule has 6 heteroatoms. The second-order valence-corrected chi connectivity index (χ2v) is 5.68. The fourth-order valence-electron chi connectivity index (χ4n) is 2.29. The van der Waals surface area contributed by atoms with Gasteiger partial charge in [-0.05, 0) is 18.2 Å². The number of carbonyl (C=O) groups is 2. The van der Waals surface area contributed by atoms with Crippen LogP contribution in [0.15, 0.2) is 60.9 Å². The van der Waals surface area contributed by atoms with Crippen molar-refractivity contribution in [2.75, 3.05) is 5.32 Å². The van der Waals surface area contributed by atoms with Crippen LogP contribution in [-0.2, 0) is 7.05 Å². The molecule has 0 aliphatic heterocycles. The fourth-order valence-corrected chi connectivity index (χ4v) is 2.46. The van der Waals surface area contributed by atoms with E-state index in [2.05, 4.69) is 10.4 Å². The van der Waals surface area contributed by atoms with Crippen LogP contribution < -0.4 is 5.32 Å². The van der Waals surface area contributed by atoms with E-state index in [-0.39, 0.29) is 11.7 Å². The average Bonchev–Trinajstić information content (AvgIpc) is 3.03. The van der Waals surface area contributed by atoms with Crippen molar-refractivity contribution in [3.8, 4) is 0 Å². The van der Waals surface area contributed by atoms with E-state index in [1.807, 2.05) is 6.07 Å². The molecule has 0 saturated heterocycles. The van der Waals surface area contributed by atoms with Crippen molar-refractivity contribution in [3.63, 3.8) is 0 Å². The minimum Gasteiger partial charge on any atom is -0.321 e. The zero-order chi connectivity index (χ0) is 17.1. The molecule has 0 saturated carbocycles. The van der Waals surface area contributed by atoms with Gasteiger partial charge in [0.05, 0.1) is 17.4 Å². The van der Waals surface area contributed by atoms with Gasteiger partial charge in [0.1, 0.15) is 0 Å². The van der Waals surface area contributed by atoms with Crippen molar-refractivity contribution in [1.82, 2.24) is 9.78 Å². The Kier molecular flexibility index (Phi) is 4.44. The minimum atomic E-state index is -0.340. The number of amides is 1. The van der Waals surface area contributed by atoms with Crippen molar-refractivity contribution >= 4 is 29.0 Å². The molecule has 0 aliphatic carbocycles. The first-order valence-electron chi connectivity index (χ1n) is 7.24. The number of ketones is 1. The smallest absolute Gasteiger partial charge is 0.258 e. The number of nitrogens with zero attached hydrogens (tertiary/aromatic N) is 2. The molecular weight excluding hydrogens is 326 g/mol. The largest absolute Gasteiger partial charge is 0.321 e. The maximum Gasteiger partial charge on any atom is 0.258 e. The molecule has 0 aliphatic rings. The molecule has 5 nitrogen and oxygen atoms in total. The first kappa shape index (κ1) is 16.0. The summed E-state index contributed by atoms with van der Waals surface area (Å²) >= 11 is 6.03. The van der Waals surface area contributed by atoms with Gasteiger partial charge in [0.15, 0.2) is 5.78 Å². The Morgan fingerprint density at radius 1 is 1.08 bits per heavy atom. The molecule has 0 fully saturated rings. The molecule has 2 aromatic carbocycles. The SMILES string of the molecule is Cn1cc(C(=O)Nc2ccc(Cl)cc2C(=O)c2ccccc2)cn1. The fraction of sp³-hybridized carbons (Fsp3) is 0.0556. The summed E-state index contributed by atoms with van der Waals surface area (Å²) in [6.45, 7) is 0. The normalized spacial score (nSPS) is 10.4. The van der Waals surface area contributed by atoms with Crippen LogP contribution in [-0.4, -0.2) is 21.5 Å². The Bertz CT molecular complexity index is 904. The molecule has 120 valence electrons. The Balaban J connectivity index is 1.94. The molecule has 3 rings (SSSR count). The summed E-state index contributed by atoms with van der Waals surface area (Å²) in [6, 6.07) is 13.6. The van der Waals surface area contributed by atoms with Crippen LogP contribution in [0.1, 0.15) is 26.3 Å². The molecule has 1 aromatic heterocycles. The van der Waals surface area contributed by atoms with E-state index in [1.165, 1.54) is 10.9 Å². The third-order valence-corrected chi connectivity index (χ3v) is 3.71. The van der Waals surface area contributed by atoms with Gasteiger partial charge in [0.25, 0.3) is 5.91 Å². The first-order valence-corrected chi connectivity index (χ1v) is 7.61. The molecule has 1 heterocycles. The molecule has 1 N–H and O–H groups in total. The highest BCUT2D eigenvalue weighted by Crippen LogP contribution is 2.24. The number of aromatic nitrogens is 2. The van der Waals surface area contributed by atoms with Gasteiger partial charge in [-0.1, -0.05) is 41.9 Å². The molecule has 3 aromatic rings. The standard InChI is InChI=1S/C18H14ClN3O2/c1-22-11-13(10-20-22)18(24)21-16-8-7-14(19)9-15(16)17(23)12-5-3-2-4-6-12/h2-11H,1H3,(H,21,24). The molecule has 0 unspecified atom stereocenters. The zero-order valence-corrected chi connectivity index (χ0v) is 13.6. The molecule has 0 spiro atoms. The third kappa shape index (κ3) is 3.36. The third-order valence-electron chi connectivity index (χ3n) is 3.48. The zero-order valence-electron chi connectivity index (χ0n) is 12.9. The molecule has 0 atom stereocenters. The molecule has 24 heavy (non-hydrogen) atoms. The lowest BCUT2D eigenvalue weighted by Crippen LogP contribution is -2.15. The van der Waals surface area contributed by atoms with Crippen LogP contribution >= 0.6 is 11.6 Å². The van der Waals surface area contributed by atoms with Crippen molar-refractivity contribution in [1.29, 1.82) is 0 Å². The summed E-state index contributed by atoms with van der Waals surface area (Å²) in [7, 11) is 1.73. The number of halogens is 1. The molecular formula is C18H14ClN3O2. The van der Waals surface area contributed by atoms with Gasteiger partial charge >= 0.3 is 0 Å². The number of rotatable bonds is 4. The van der Waals surface area contributed by atoms with Gasteiger partial charge in [-0.15, -0.1) is 0 Å². The van der Waals surface area contributed by atoms with Gasteiger partial charge in [0, 0.05) is 29.4 Å². The molecule has 0 bridgehead atoms. The quantitative estimate of drug-likeness (QED) is 0.739. The van der Waals surface area contributed by atoms with Crippen LogP contribution in [0.25, 0.3) is 0 Å². The number of carbonyl (C=O) groups excluding carboxylic acids is 2. The highest BCUT2D eigenvalue weighted by atomic mass is 35.5. The number of benzene rings is 2. The maximum atomic E-state index is 12.7. The van der Waals surface area contributed by atoms with Crippen molar-refractivity contribution in [2.45, 2.75) is 0 Å². The van der Waals surface area contributed by atoms with E-state index in [0.717, 1.165) is 0 Å². The Morgan fingerprint density at radius 2 is 1.83 bits per heavy atom. The van der Waals surface area contributed by atoms with Gasteiger partial charge in [-0.25, -0.2) is 0 Å². The number of anilines is 1. The summed E-state index contributed by atoms with van der Waals surface area (Å²) < 4.78 is 1.53. The van der Waals surface area contributed by atoms with Crippen molar-refractivity contribution < 1.29 is 9.59 Å². The molecule has 1 amide bonds.